The van der Waals surface area contributed by atoms with Gasteiger partial charge in [-0.3, -0.25) is 0 Å². The van der Waals surface area contributed by atoms with Gasteiger partial charge in [0.25, 0.3) is 0 Å². The van der Waals surface area contributed by atoms with Gasteiger partial charge in [0, 0.05) is 41.9 Å². The van der Waals surface area contributed by atoms with Gasteiger partial charge in [-0.2, -0.15) is 0 Å². The summed E-state index contributed by atoms with van der Waals surface area (Å²) >= 11 is 0. The third-order valence-corrected chi connectivity index (χ3v) is 6.86. The summed E-state index contributed by atoms with van der Waals surface area (Å²) in [6.45, 7) is 12.4. The first-order valence-corrected chi connectivity index (χ1v) is 10.8. The van der Waals surface area contributed by atoms with Crippen molar-refractivity contribution >= 4 is 0 Å². The van der Waals surface area contributed by atoms with E-state index in [-0.39, 0.29) is 5.41 Å². The number of allylic oxidation sites excluding steroid dienone is 5. The van der Waals surface area contributed by atoms with E-state index in [0.717, 1.165) is 56.1 Å². The first-order chi connectivity index (χ1) is 13.9. The number of benzene rings is 1. The molecule has 4 nitrogen and oxygen atoms in total. The molecule has 29 heavy (non-hydrogen) atoms. The zero-order valence-electron chi connectivity index (χ0n) is 18.3. The molecular weight excluding hydrogens is 360 g/mol. The van der Waals surface area contributed by atoms with Crippen molar-refractivity contribution in [3.05, 3.63) is 69.8 Å². The molecular formula is C25H34N2O2. The Morgan fingerprint density at radius 1 is 1.10 bits per heavy atom. The molecule has 4 rings (SSSR count). The van der Waals surface area contributed by atoms with Crippen molar-refractivity contribution < 1.29 is 9.47 Å². The summed E-state index contributed by atoms with van der Waals surface area (Å²) in [5, 5.41) is 0. The molecule has 1 aromatic carbocycles. The van der Waals surface area contributed by atoms with E-state index in [1.807, 2.05) is 13.0 Å². The van der Waals surface area contributed by atoms with Crippen LogP contribution in [0, 0.1) is 5.41 Å². The molecule has 2 N–H and O–H groups in total. The van der Waals surface area contributed by atoms with Gasteiger partial charge in [0.2, 0.25) is 0 Å². The Balaban J connectivity index is 1.36. The quantitative estimate of drug-likeness (QED) is 0.772. The average Bonchev–Trinajstić information content (AvgIpc) is 2.98. The molecule has 2 aliphatic heterocycles. The summed E-state index contributed by atoms with van der Waals surface area (Å²) in [6, 6.07) is 10.4. The number of fused-ring (bicyclic) bond motifs is 1. The maximum absolute atomic E-state index is 6.74. The van der Waals surface area contributed by atoms with Crippen LogP contribution >= 0.6 is 0 Å². The van der Waals surface area contributed by atoms with Crippen molar-refractivity contribution in [2.45, 2.75) is 59.7 Å². The Morgan fingerprint density at radius 3 is 2.48 bits per heavy atom. The Bertz CT molecular complexity index is 860. The molecule has 0 bridgehead atoms. The van der Waals surface area contributed by atoms with Crippen LogP contribution in [0.25, 0.3) is 0 Å². The molecule has 0 amide bonds. The molecule has 1 aromatic rings. The molecule has 4 heteroatoms. The highest BCUT2D eigenvalue weighted by molar-refractivity contribution is 5.58. The molecule has 0 saturated carbocycles. The molecule has 0 spiro atoms. The highest BCUT2D eigenvalue weighted by Crippen LogP contribution is 2.50. The van der Waals surface area contributed by atoms with E-state index in [2.05, 4.69) is 49.9 Å². The van der Waals surface area contributed by atoms with Crippen LogP contribution in [0.1, 0.15) is 52.5 Å². The number of ether oxygens (including phenoxy) is 2. The predicted molar refractivity (Wildman–Crippen MR) is 117 cm³/mol. The SMILES string of the molecule is CC1=C(C)C2=C(N)C(C)(CN3CCC(OCc4ccccc4)CC3)CC2=C(C)O1. The van der Waals surface area contributed by atoms with Crippen LogP contribution in [0.2, 0.25) is 0 Å². The zero-order valence-corrected chi connectivity index (χ0v) is 18.3. The van der Waals surface area contributed by atoms with Gasteiger partial charge in [-0.25, -0.2) is 0 Å². The summed E-state index contributed by atoms with van der Waals surface area (Å²) in [7, 11) is 0. The van der Waals surface area contributed by atoms with Crippen LogP contribution in [0.3, 0.4) is 0 Å². The number of likely N-dealkylation sites (tertiary alicyclic amines) is 1. The highest BCUT2D eigenvalue weighted by Gasteiger charge is 2.43. The first kappa shape index (κ1) is 20.2. The van der Waals surface area contributed by atoms with Crippen LogP contribution in [0.15, 0.2) is 64.3 Å². The normalized spacial score (nSPS) is 26.2. The van der Waals surface area contributed by atoms with Crippen LogP contribution in [-0.4, -0.2) is 30.6 Å². The first-order valence-electron chi connectivity index (χ1n) is 10.8. The topological polar surface area (TPSA) is 47.7 Å². The van der Waals surface area contributed by atoms with Crippen molar-refractivity contribution in [1.29, 1.82) is 0 Å². The van der Waals surface area contributed by atoms with E-state index in [1.54, 1.807) is 0 Å². The van der Waals surface area contributed by atoms with Gasteiger partial charge in [0.05, 0.1) is 12.7 Å². The smallest absolute Gasteiger partial charge is 0.104 e. The lowest BCUT2D eigenvalue weighted by molar-refractivity contribution is -0.00752. The lowest BCUT2D eigenvalue weighted by atomic mass is 9.85. The van der Waals surface area contributed by atoms with Crippen LogP contribution < -0.4 is 5.73 Å². The van der Waals surface area contributed by atoms with E-state index >= 15 is 0 Å². The Morgan fingerprint density at radius 2 is 1.79 bits per heavy atom. The molecule has 0 radical (unpaired) electrons. The van der Waals surface area contributed by atoms with Crippen LogP contribution in [0.4, 0.5) is 0 Å². The van der Waals surface area contributed by atoms with Gasteiger partial charge in [0.15, 0.2) is 0 Å². The molecule has 1 saturated heterocycles. The molecule has 2 heterocycles. The van der Waals surface area contributed by atoms with Crippen molar-refractivity contribution in [3.63, 3.8) is 0 Å². The van der Waals surface area contributed by atoms with E-state index in [4.69, 9.17) is 15.2 Å². The minimum atomic E-state index is -0.0289. The van der Waals surface area contributed by atoms with E-state index in [1.165, 1.54) is 22.3 Å². The van der Waals surface area contributed by atoms with Gasteiger partial charge >= 0.3 is 0 Å². The second-order valence-corrected chi connectivity index (χ2v) is 9.12. The molecule has 0 aromatic heterocycles. The third-order valence-electron chi connectivity index (χ3n) is 6.86. The third kappa shape index (κ3) is 4.01. The fourth-order valence-corrected chi connectivity index (χ4v) is 4.97. The van der Waals surface area contributed by atoms with Crippen molar-refractivity contribution in [3.8, 4) is 0 Å². The number of rotatable bonds is 5. The Labute approximate surface area is 175 Å². The standard InChI is InChI=1S/C25H34N2O2/c1-17-18(2)29-19(3)22-14-25(4,24(26)23(17)22)16-27-12-10-21(11-13-27)28-15-20-8-6-5-7-9-20/h5-9,21H,10-16,26H2,1-4H3. The van der Waals surface area contributed by atoms with Gasteiger partial charge in [0.1, 0.15) is 11.5 Å². The molecule has 1 fully saturated rings. The minimum absolute atomic E-state index is 0.0289. The lowest BCUT2D eigenvalue weighted by Gasteiger charge is -2.37. The zero-order chi connectivity index (χ0) is 20.6. The van der Waals surface area contributed by atoms with E-state index in [0.29, 0.717) is 12.7 Å². The molecule has 1 unspecified atom stereocenters. The number of piperidine rings is 1. The van der Waals surface area contributed by atoms with Crippen LogP contribution in [-0.2, 0) is 16.1 Å². The summed E-state index contributed by atoms with van der Waals surface area (Å²) in [5.74, 6) is 1.99. The fraction of sp³-hybridized carbons (Fsp3) is 0.520. The number of hydrogen-bond acceptors (Lipinski definition) is 4. The Hall–Kier alpha value is -2.04. The number of hydrogen-bond donors (Lipinski definition) is 1. The van der Waals surface area contributed by atoms with Crippen molar-refractivity contribution in [2.75, 3.05) is 19.6 Å². The monoisotopic (exact) mass is 394 g/mol. The number of nitrogens with zero attached hydrogens (tertiary/aromatic N) is 1. The molecule has 3 aliphatic rings. The van der Waals surface area contributed by atoms with Gasteiger partial charge in [-0.15, -0.1) is 0 Å². The summed E-state index contributed by atoms with van der Waals surface area (Å²) in [4.78, 5) is 2.57. The summed E-state index contributed by atoms with van der Waals surface area (Å²) < 4.78 is 12.1. The fourth-order valence-electron chi connectivity index (χ4n) is 4.97. The maximum atomic E-state index is 6.74. The van der Waals surface area contributed by atoms with Crippen LogP contribution in [0.5, 0.6) is 0 Å². The second-order valence-electron chi connectivity index (χ2n) is 9.12. The van der Waals surface area contributed by atoms with E-state index < -0.39 is 0 Å². The Kier molecular flexibility index (Phi) is 5.58. The largest absolute Gasteiger partial charge is 0.466 e. The highest BCUT2D eigenvalue weighted by atomic mass is 16.5. The maximum Gasteiger partial charge on any atom is 0.104 e. The van der Waals surface area contributed by atoms with Gasteiger partial charge in [-0.1, -0.05) is 37.3 Å². The molecule has 1 aliphatic carbocycles. The van der Waals surface area contributed by atoms with Crippen molar-refractivity contribution in [2.24, 2.45) is 11.1 Å². The van der Waals surface area contributed by atoms with Gasteiger partial charge in [-0.05, 0) is 51.2 Å². The number of nitrogens with two attached hydrogens (primary N) is 1. The second kappa shape index (κ2) is 8.00. The predicted octanol–water partition coefficient (Wildman–Crippen LogP) is 4.89. The molecule has 1 atom stereocenters. The molecule has 156 valence electrons. The minimum Gasteiger partial charge on any atom is -0.466 e. The van der Waals surface area contributed by atoms with Crippen molar-refractivity contribution in [1.82, 2.24) is 4.90 Å². The summed E-state index contributed by atoms with van der Waals surface area (Å²) in [5.41, 5.74) is 12.7. The van der Waals surface area contributed by atoms with E-state index in [9.17, 15) is 0 Å². The van der Waals surface area contributed by atoms with Gasteiger partial charge < -0.3 is 20.1 Å². The average molecular weight is 395 g/mol. The lowest BCUT2D eigenvalue weighted by Crippen LogP contribution is -2.43. The summed E-state index contributed by atoms with van der Waals surface area (Å²) in [6.07, 6.45) is 3.49.